The second kappa shape index (κ2) is 11.5. The SMILES string of the molecule is CCCCCCCC(=O)N(CC(=O)N(Cc1ccc2c(c1)OCO2)Cc1cccs1)C1CC1. The van der Waals surface area contributed by atoms with Crippen LogP contribution in [0.25, 0.3) is 0 Å². The van der Waals surface area contributed by atoms with Crippen molar-refractivity contribution >= 4 is 23.2 Å². The largest absolute Gasteiger partial charge is 0.454 e. The van der Waals surface area contributed by atoms with E-state index in [2.05, 4.69) is 6.92 Å². The van der Waals surface area contributed by atoms with Crippen molar-refractivity contribution in [2.75, 3.05) is 13.3 Å². The average Bonchev–Trinajstić information content (AvgIpc) is 3.31. The summed E-state index contributed by atoms with van der Waals surface area (Å²) in [6.45, 7) is 3.59. The van der Waals surface area contributed by atoms with E-state index in [-0.39, 0.29) is 31.2 Å². The van der Waals surface area contributed by atoms with Crippen LogP contribution in [-0.4, -0.2) is 41.0 Å². The molecule has 178 valence electrons. The molecule has 1 aromatic heterocycles. The van der Waals surface area contributed by atoms with Crippen molar-refractivity contribution in [1.82, 2.24) is 9.80 Å². The molecule has 0 atom stereocenters. The molecule has 0 bridgehead atoms. The van der Waals surface area contributed by atoms with Crippen molar-refractivity contribution < 1.29 is 19.1 Å². The van der Waals surface area contributed by atoms with E-state index in [1.807, 2.05) is 45.5 Å². The van der Waals surface area contributed by atoms with E-state index in [1.165, 1.54) is 19.3 Å². The summed E-state index contributed by atoms with van der Waals surface area (Å²) in [5, 5.41) is 2.02. The lowest BCUT2D eigenvalue weighted by atomic mass is 10.1. The van der Waals surface area contributed by atoms with Crippen LogP contribution in [0.2, 0.25) is 0 Å². The molecule has 1 aliphatic carbocycles. The minimum atomic E-state index is -0.00713. The van der Waals surface area contributed by atoms with Gasteiger partial charge in [-0.2, -0.15) is 0 Å². The number of hydrogen-bond acceptors (Lipinski definition) is 5. The molecule has 6 nitrogen and oxygen atoms in total. The minimum Gasteiger partial charge on any atom is -0.454 e. The number of ether oxygens (including phenoxy) is 2. The molecule has 1 fully saturated rings. The zero-order valence-electron chi connectivity index (χ0n) is 19.5. The van der Waals surface area contributed by atoms with E-state index in [9.17, 15) is 9.59 Å². The zero-order chi connectivity index (χ0) is 23.0. The molecule has 2 amide bonds. The quantitative estimate of drug-likeness (QED) is 0.370. The summed E-state index contributed by atoms with van der Waals surface area (Å²) in [7, 11) is 0. The van der Waals surface area contributed by atoms with Gasteiger partial charge in [-0.3, -0.25) is 9.59 Å². The van der Waals surface area contributed by atoms with Gasteiger partial charge in [0.1, 0.15) is 6.54 Å². The van der Waals surface area contributed by atoms with Gasteiger partial charge in [0.15, 0.2) is 11.5 Å². The molecule has 4 rings (SSSR count). The Kier molecular flexibility index (Phi) is 8.26. The Morgan fingerprint density at radius 1 is 1.00 bits per heavy atom. The summed E-state index contributed by atoms with van der Waals surface area (Å²) in [6, 6.07) is 10.1. The lowest BCUT2D eigenvalue weighted by Crippen LogP contribution is -2.43. The van der Waals surface area contributed by atoms with E-state index < -0.39 is 0 Å². The molecule has 33 heavy (non-hydrogen) atoms. The predicted octanol–water partition coefficient (Wildman–Crippen LogP) is 5.36. The third-order valence-electron chi connectivity index (χ3n) is 6.20. The maximum Gasteiger partial charge on any atom is 0.242 e. The summed E-state index contributed by atoms with van der Waals surface area (Å²) in [5.74, 6) is 1.57. The summed E-state index contributed by atoms with van der Waals surface area (Å²) >= 11 is 1.64. The highest BCUT2D eigenvalue weighted by Crippen LogP contribution is 2.33. The number of hydrogen-bond donors (Lipinski definition) is 0. The first-order valence-electron chi connectivity index (χ1n) is 12.1. The van der Waals surface area contributed by atoms with Crippen molar-refractivity contribution in [3.05, 3.63) is 46.2 Å². The summed E-state index contributed by atoms with van der Waals surface area (Å²) in [6.07, 6.45) is 8.13. The molecule has 0 saturated heterocycles. The smallest absolute Gasteiger partial charge is 0.242 e. The molecule has 0 radical (unpaired) electrons. The Morgan fingerprint density at radius 3 is 2.58 bits per heavy atom. The minimum absolute atomic E-state index is 0.00713. The molecule has 0 spiro atoms. The molecule has 0 unspecified atom stereocenters. The number of thiophene rings is 1. The lowest BCUT2D eigenvalue weighted by molar-refractivity contribution is -0.141. The Hall–Kier alpha value is -2.54. The molecule has 2 heterocycles. The first-order valence-corrected chi connectivity index (χ1v) is 13.0. The van der Waals surface area contributed by atoms with Gasteiger partial charge in [-0.05, 0) is 48.4 Å². The third-order valence-corrected chi connectivity index (χ3v) is 7.06. The molecule has 2 aromatic rings. The highest BCUT2D eigenvalue weighted by atomic mass is 32.1. The molecule has 1 saturated carbocycles. The first kappa shape index (κ1) is 23.6. The van der Waals surface area contributed by atoms with E-state index >= 15 is 0 Å². The van der Waals surface area contributed by atoms with Crippen LogP contribution in [-0.2, 0) is 22.7 Å². The fourth-order valence-corrected chi connectivity index (χ4v) is 4.88. The van der Waals surface area contributed by atoms with E-state index in [0.717, 1.165) is 41.9 Å². The fourth-order valence-electron chi connectivity index (χ4n) is 4.16. The van der Waals surface area contributed by atoms with Gasteiger partial charge in [-0.15, -0.1) is 11.3 Å². The molecular weight excluding hydrogens is 436 g/mol. The maximum absolute atomic E-state index is 13.5. The van der Waals surface area contributed by atoms with Gasteiger partial charge in [0, 0.05) is 23.9 Å². The van der Waals surface area contributed by atoms with Gasteiger partial charge >= 0.3 is 0 Å². The number of rotatable bonds is 13. The fraction of sp³-hybridized carbons (Fsp3) is 0.538. The van der Waals surface area contributed by atoms with Gasteiger partial charge < -0.3 is 19.3 Å². The Bertz CT molecular complexity index is 926. The third kappa shape index (κ3) is 6.73. The number of fused-ring (bicyclic) bond motifs is 1. The van der Waals surface area contributed by atoms with Crippen LogP contribution in [0.5, 0.6) is 11.5 Å². The summed E-state index contributed by atoms with van der Waals surface area (Å²) < 4.78 is 10.9. The summed E-state index contributed by atoms with van der Waals surface area (Å²) in [4.78, 5) is 31.2. The second-order valence-electron chi connectivity index (χ2n) is 8.93. The van der Waals surface area contributed by atoms with Crippen LogP contribution in [0.4, 0.5) is 0 Å². The van der Waals surface area contributed by atoms with Crippen LogP contribution < -0.4 is 9.47 Å². The number of benzene rings is 1. The second-order valence-corrected chi connectivity index (χ2v) is 9.97. The lowest BCUT2D eigenvalue weighted by Gasteiger charge is -2.28. The normalized spacial score (nSPS) is 14.3. The average molecular weight is 471 g/mol. The topological polar surface area (TPSA) is 59.1 Å². The van der Waals surface area contributed by atoms with Crippen LogP contribution in [0.1, 0.15) is 68.7 Å². The van der Waals surface area contributed by atoms with Crippen molar-refractivity contribution in [2.24, 2.45) is 0 Å². The van der Waals surface area contributed by atoms with Crippen molar-refractivity contribution in [2.45, 2.75) is 77.4 Å². The highest BCUT2D eigenvalue weighted by molar-refractivity contribution is 7.09. The predicted molar refractivity (Wildman–Crippen MR) is 129 cm³/mol. The van der Waals surface area contributed by atoms with Gasteiger partial charge in [-0.25, -0.2) is 0 Å². The van der Waals surface area contributed by atoms with Gasteiger partial charge in [0.25, 0.3) is 0 Å². The molecule has 7 heteroatoms. The number of carbonyl (C=O) groups is 2. The number of carbonyl (C=O) groups excluding carboxylic acids is 2. The van der Waals surface area contributed by atoms with E-state index in [4.69, 9.17) is 9.47 Å². The van der Waals surface area contributed by atoms with Crippen LogP contribution in [0.3, 0.4) is 0 Å². The zero-order valence-corrected chi connectivity index (χ0v) is 20.3. The molecule has 0 N–H and O–H groups in total. The van der Waals surface area contributed by atoms with E-state index in [0.29, 0.717) is 25.3 Å². The van der Waals surface area contributed by atoms with Crippen molar-refractivity contribution in [1.29, 1.82) is 0 Å². The molecule has 1 aliphatic heterocycles. The van der Waals surface area contributed by atoms with Gasteiger partial charge in [0.2, 0.25) is 18.6 Å². The first-order chi connectivity index (χ1) is 16.1. The Morgan fingerprint density at radius 2 is 1.82 bits per heavy atom. The van der Waals surface area contributed by atoms with Crippen LogP contribution >= 0.6 is 11.3 Å². The van der Waals surface area contributed by atoms with Crippen LogP contribution in [0.15, 0.2) is 35.7 Å². The number of unbranched alkanes of at least 4 members (excludes halogenated alkanes) is 4. The van der Waals surface area contributed by atoms with Crippen molar-refractivity contribution in [3.63, 3.8) is 0 Å². The highest BCUT2D eigenvalue weighted by Gasteiger charge is 2.34. The monoisotopic (exact) mass is 470 g/mol. The molecule has 2 aliphatic rings. The van der Waals surface area contributed by atoms with E-state index in [1.54, 1.807) is 11.3 Å². The van der Waals surface area contributed by atoms with Crippen LogP contribution in [0, 0.1) is 0 Å². The van der Waals surface area contributed by atoms with Gasteiger partial charge in [0.05, 0.1) is 6.54 Å². The number of amides is 2. The Labute approximate surface area is 200 Å². The van der Waals surface area contributed by atoms with Gasteiger partial charge in [-0.1, -0.05) is 44.7 Å². The standard InChI is InChI=1S/C26H34N2O4S/c1-2-3-4-5-6-9-25(29)28(21-11-12-21)18-26(30)27(17-22-8-7-14-33-22)16-20-10-13-23-24(15-20)32-19-31-23/h7-8,10,13-15,21H,2-6,9,11-12,16-19H2,1H3. The molecule has 1 aromatic carbocycles. The Balaban J connectivity index is 1.40. The maximum atomic E-state index is 13.5. The molecular formula is C26H34N2O4S. The number of nitrogens with zero attached hydrogens (tertiary/aromatic N) is 2. The summed E-state index contributed by atoms with van der Waals surface area (Å²) in [5.41, 5.74) is 0.990. The van der Waals surface area contributed by atoms with Crippen molar-refractivity contribution in [3.8, 4) is 11.5 Å².